The summed E-state index contributed by atoms with van der Waals surface area (Å²) >= 11 is 6.19. The van der Waals surface area contributed by atoms with E-state index in [4.69, 9.17) is 16.0 Å². The molecule has 3 heterocycles. The van der Waals surface area contributed by atoms with Crippen LogP contribution in [0.15, 0.2) is 70.1 Å². The van der Waals surface area contributed by atoms with Gasteiger partial charge in [-0.05, 0) is 97.0 Å². The number of aromatic amines is 1. The molecule has 8 nitrogen and oxygen atoms in total. The molecule has 0 aliphatic heterocycles. The van der Waals surface area contributed by atoms with Gasteiger partial charge in [0.25, 0.3) is 5.56 Å². The van der Waals surface area contributed by atoms with Gasteiger partial charge in [0.15, 0.2) is 5.82 Å². The summed E-state index contributed by atoms with van der Waals surface area (Å²) in [7, 11) is 0. The monoisotopic (exact) mass is 544 g/mol. The van der Waals surface area contributed by atoms with Gasteiger partial charge in [0, 0.05) is 17.1 Å². The summed E-state index contributed by atoms with van der Waals surface area (Å²) in [6.45, 7) is 11.3. The van der Waals surface area contributed by atoms with Crippen LogP contribution in [-0.2, 0) is 18.6 Å². The highest BCUT2D eigenvalue weighted by Crippen LogP contribution is 2.33. The number of aryl methyl sites for hydroxylation is 2. The van der Waals surface area contributed by atoms with Crippen molar-refractivity contribution < 1.29 is 4.42 Å². The minimum atomic E-state index is -0.568. The number of hydrogen-bond donors (Lipinski definition) is 1. The second-order valence-corrected chi connectivity index (χ2v) is 11.1. The Labute approximate surface area is 232 Å². The summed E-state index contributed by atoms with van der Waals surface area (Å²) in [4.78, 5) is 19.2. The molecule has 0 aliphatic carbocycles. The lowest BCUT2D eigenvalue weighted by Crippen LogP contribution is -2.38. The van der Waals surface area contributed by atoms with Crippen molar-refractivity contribution in [2.24, 2.45) is 0 Å². The molecule has 0 aliphatic rings. The van der Waals surface area contributed by atoms with Crippen molar-refractivity contribution in [1.82, 2.24) is 30.1 Å². The predicted molar refractivity (Wildman–Crippen MR) is 153 cm³/mol. The van der Waals surface area contributed by atoms with Gasteiger partial charge in [0.1, 0.15) is 11.8 Å². The maximum Gasteiger partial charge on any atom is 0.253 e. The molecule has 202 valence electrons. The van der Waals surface area contributed by atoms with Crippen molar-refractivity contribution in [3.05, 3.63) is 110 Å². The maximum absolute atomic E-state index is 13.9. The van der Waals surface area contributed by atoms with Crippen molar-refractivity contribution in [2.75, 3.05) is 0 Å². The second-order valence-electron chi connectivity index (χ2n) is 10.7. The number of H-pyrrole nitrogens is 1. The lowest BCUT2D eigenvalue weighted by Gasteiger charge is -2.33. The highest BCUT2D eigenvalue weighted by atomic mass is 35.5. The van der Waals surface area contributed by atoms with Crippen LogP contribution in [0.4, 0.5) is 0 Å². The quantitative estimate of drug-likeness (QED) is 0.233. The Kier molecular flexibility index (Phi) is 7.42. The molecule has 1 atom stereocenters. The van der Waals surface area contributed by atoms with Gasteiger partial charge in [-0.3, -0.25) is 9.69 Å². The molecule has 3 aromatic heterocycles. The summed E-state index contributed by atoms with van der Waals surface area (Å²) in [6.07, 6.45) is 2.46. The number of nitrogens with one attached hydrogen (secondary N) is 1. The van der Waals surface area contributed by atoms with Crippen LogP contribution in [0.25, 0.3) is 10.9 Å². The van der Waals surface area contributed by atoms with E-state index in [0.29, 0.717) is 29.5 Å². The Morgan fingerprint density at radius 3 is 2.56 bits per heavy atom. The van der Waals surface area contributed by atoms with E-state index >= 15 is 0 Å². The summed E-state index contributed by atoms with van der Waals surface area (Å²) in [5.41, 5.74) is 4.07. The number of fused-ring (bicyclic) bond motifs is 1. The second kappa shape index (κ2) is 10.8. The molecule has 1 N–H and O–H groups in total. The molecule has 0 amide bonds. The van der Waals surface area contributed by atoms with Gasteiger partial charge in [-0.1, -0.05) is 42.8 Å². The topological polar surface area (TPSA) is 92.8 Å². The molecule has 0 unspecified atom stereocenters. The lowest BCUT2D eigenvalue weighted by molar-refractivity contribution is 0.168. The van der Waals surface area contributed by atoms with Gasteiger partial charge >= 0.3 is 0 Å². The first kappa shape index (κ1) is 26.8. The normalized spacial score (nSPS) is 12.9. The Balaban J connectivity index is 1.74. The van der Waals surface area contributed by atoms with Crippen molar-refractivity contribution in [2.45, 2.75) is 65.7 Å². The van der Waals surface area contributed by atoms with Crippen LogP contribution in [0.2, 0.25) is 5.02 Å². The maximum atomic E-state index is 13.9. The SMILES string of the molecule is CCC(C)(C)n1nnnc1[C@@H](c1cc2ccc(C)c(C)c2[nH]c1=O)N(Cc1ccc(Cl)cc1)Cc1ccco1. The average molecular weight is 545 g/mol. The Bertz CT molecular complexity index is 1640. The average Bonchev–Trinajstić information content (AvgIpc) is 3.62. The molecular weight excluding hydrogens is 512 g/mol. The summed E-state index contributed by atoms with van der Waals surface area (Å²) < 4.78 is 7.61. The van der Waals surface area contributed by atoms with Crippen LogP contribution in [0, 0.1) is 13.8 Å². The summed E-state index contributed by atoms with van der Waals surface area (Å²) in [5.74, 6) is 1.36. The van der Waals surface area contributed by atoms with Crippen molar-refractivity contribution in [3.8, 4) is 0 Å². The molecule has 0 radical (unpaired) electrons. The molecule has 2 aromatic carbocycles. The van der Waals surface area contributed by atoms with E-state index in [1.54, 1.807) is 6.26 Å². The lowest BCUT2D eigenvalue weighted by atomic mass is 9.97. The van der Waals surface area contributed by atoms with Gasteiger partial charge in [-0.2, -0.15) is 0 Å². The zero-order valence-corrected chi connectivity index (χ0v) is 23.7. The number of furan rings is 1. The van der Waals surface area contributed by atoms with E-state index in [1.165, 1.54) is 0 Å². The first-order valence-electron chi connectivity index (χ1n) is 13.1. The highest BCUT2D eigenvalue weighted by molar-refractivity contribution is 6.30. The third kappa shape index (κ3) is 5.40. The van der Waals surface area contributed by atoms with Gasteiger partial charge in [-0.25, -0.2) is 4.68 Å². The Hall–Kier alpha value is -3.75. The molecule has 0 bridgehead atoms. The van der Waals surface area contributed by atoms with Crippen molar-refractivity contribution in [3.63, 3.8) is 0 Å². The van der Waals surface area contributed by atoms with E-state index < -0.39 is 6.04 Å². The van der Waals surface area contributed by atoms with E-state index in [0.717, 1.165) is 39.8 Å². The van der Waals surface area contributed by atoms with Crippen LogP contribution in [-0.4, -0.2) is 30.1 Å². The smallest absolute Gasteiger partial charge is 0.253 e. The molecule has 5 aromatic rings. The summed E-state index contributed by atoms with van der Waals surface area (Å²) in [6, 6.07) is 17.0. The zero-order valence-electron chi connectivity index (χ0n) is 22.9. The van der Waals surface area contributed by atoms with Gasteiger partial charge in [-0.15, -0.1) is 5.10 Å². The molecule has 39 heavy (non-hydrogen) atoms. The van der Waals surface area contributed by atoms with Crippen molar-refractivity contribution in [1.29, 1.82) is 0 Å². The molecular formula is C30H33ClN6O2. The molecule has 0 spiro atoms. The van der Waals surface area contributed by atoms with E-state index in [2.05, 4.69) is 52.2 Å². The van der Waals surface area contributed by atoms with Gasteiger partial charge in [0.05, 0.1) is 23.9 Å². The molecule has 5 rings (SSSR count). The van der Waals surface area contributed by atoms with E-state index in [9.17, 15) is 4.79 Å². The third-order valence-electron chi connectivity index (χ3n) is 7.65. The number of benzene rings is 2. The first-order valence-corrected chi connectivity index (χ1v) is 13.5. The first-order chi connectivity index (χ1) is 18.7. The number of tetrazole rings is 1. The van der Waals surface area contributed by atoms with Crippen LogP contribution in [0.1, 0.15) is 67.1 Å². The van der Waals surface area contributed by atoms with E-state index in [1.807, 2.05) is 67.1 Å². The van der Waals surface area contributed by atoms with Crippen LogP contribution in [0.5, 0.6) is 0 Å². The third-order valence-corrected chi connectivity index (χ3v) is 7.91. The number of nitrogens with zero attached hydrogens (tertiary/aromatic N) is 5. The van der Waals surface area contributed by atoms with Crippen LogP contribution < -0.4 is 5.56 Å². The van der Waals surface area contributed by atoms with E-state index in [-0.39, 0.29) is 11.1 Å². The molecule has 9 heteroatoms. The minimum absolute atomic E-state index is 0.175. The molecule has 0 fully saturated rings. The predicted octanol–water partition coefficient (Wildman–Crippen LogP) is 6.31. The number of pyridine rings is 1. The standard InChI is InChI=1S/C30H33ClN6O2/c1-6-30(4,5)37-28(33-34-35-37)27(25-16-22-12-9-19(2)20(3)26(22)32-29(25)38)36(18-24-8-7-15-39-24)17-21-10-13-23(31)14-11-21/h7-16,27H,6,17-18H2,1-5H3,(H,32,38)/t27-/m1/s1. The highest BCUT2D eigenvalue weighted by Gasteiger charge is 2.35. The Morgan fingerprint density at radius 1 is 1.10 bits per heavy atom. The van der Waals surface area contributed by atoms with Crippen LogP contribution in [0.3, 0.4) is 0 Å². The number of hydrogen-bond acceptors (Lipinski definition) is 6. The molecule has 0 saturated heterocycles. The summed E-state index contributed by atoms with van der Waals surface area (Å²) in [5, 5.41) is 14.6. The fraction of sp³-hybridized carbons (Fsp3) is 0.333. The Morgan fingerprint density at radius 2 is 1.87 bits per heavy atom. The fourth-order valence-corrected chi connectivity index (χ4v) is 4.98. The minimum Gasteiger partial charge on any atom is -0.468 e. The zero-order chi connectivity index (χ0) is 27.7. The fourth-order valence-electron chi connectivity index (χ4n) is 4.85. The van der Waals surface area contributed by atoms with Gasteiger partial charge in [0.2, 0.25) is 0 Å². The number of rotatable bonds is 9. The van der Waals surface area contributed by atoms with Crippen molar-refractivity contribution >= 4 is 22.5 Å². The molecule has 0 saturated carbocycles. The number of aromatic nitrogens is 5. The largest absolute Gasteiger partial charge is 0.468 e. The van der Waals surface area contributed by atoms with Gasteiger partial charge < -0.3 is 9.40 Å². The number of halogens is 1. The van der Waals surface area contributed by atoms with Crippen LogP contribution >= 0.6 is 11.6 Å².